The number of aliphatic hydroxyl groups excluding tert-OH is 1. The lowest BCUT2D eigenvalue weighted by Gasteiger charge is -2.08. The maximum atomic E-state index is 11.5. The van der Waals surface area contributed by atoms with Gasteiger partial charge in [0.2, 0.25) is 0 Å². The van der Waals surface area contributed by atoms with Gasteiger partial charge in [-0.05, 0) is 12.5 Å². The zero-order valence-corrected chi connectivity index (χ0v) is 9.51. The summed E-state index contributed by atoms with van der Waals surface area (Å²) in [5.41, 5.74) is 0.749. The highest BCUT2D eigenvalue weighted by atomic mass is 16.5. The van der Waals surface area contributed by atoms with Gasteiger partial charge in [-0.3, -0.25) is 4.79 Å². The Morgan fingerprint density at radius 2 is 2.06 bits per heavy atom. The molecule has 1 unspecified atom stereocenters. The van der Waals surface area contributed by atoms with E-state index in [0.29, 0.717) is 5.76 Å². The van der Waals surface area contributed by atoms with Crippen molar-refractivity contribution in [3.05, 3.63) is 47.7 Å². The van der Waals surface area contributed by atoms with Crippen molar-refractivity contribution in [2.45, 2.75) is 19.4 Å². The maximum absolute atomic E-state index is 11.5. The minimum absolute atomic E-state index is 0.0741. The molecule has 0 aliphatic carbocycles. The molecule has 0 bridgehead atoms. The van der Waals surface area contributed by atoms with E-state index in [1.54, 1.807) is 19.1 Å². The van der Waals surface area contributed by atoms with E-state index in [1.807, 2.05) is 18.2 Å². The van der Waals surface area contributed by atoms with E-state index in [-0.39, 0.29) is 12.2 Å². The summed E-state index contributed by atoms with van der Waals surface area (Å²) >= 11 is 0. The van der Waals surface area contributed by atoms with Gasteiger partial charge in [0.25, 0.3) is 0 Å². The monoisotopic (exact) mass is 220 g/mol. The normalized spacial score (nSPS) is 13.3. The Kier molecular flexibility index (Phi) is 4.73. The van der Waals surface area contributed by atoms with E-state index in [4.69, 9.17) is 4.74 Å². The molecule has 0 aliphatic rings. The third kappa shape index (κ3) is 3.87. The molecule has 0 aromatic heterocycles. The summed E-state index contributed by atoms with van der Waals surface area (Å²) in [5.74, 6) is 0.404. The fourth-order valence-corrected chi connectivity index (χ4v) is 1.33. The topological polar surface area (TPSA) is 46.5 Å². The molecule has 1 aromatic rings. The summed E-state index contributed by atoms with van der Waals surface area (Å²) in [7, 11) is 1.51. The van der Waals surface area contributed by atoms with Gasteiger partial charge in [0.15, 0.2) is 5.78 Å². The van der Waals surface area contributed by atoms with E-state index in [0.717, 1.165) is 5.56 Å². The molecule has 1 aromatic carbocycles. The van der Waals surface area contributed by atoms with Crippen molar-refractivity contribution in [3.8, 4) is 0 Å². The van der Waals surface area contributed by atoms with Crippen molar-refractivity contribution in [1.29, 1.82) is 0 Å². The second kappa shape index (κ2) is 6.08. The largest absolute Gasteiger partial charge is 0.501 e. The summed E-state index contributed by atoms with van der Waals surface area (Å²) < 4.78 is 4.87. The average Bonchev–Trinajstić information content (AvgIpc) is 2.29. The highest BCUT2D eigenvalue weighted by molar-refractivity contribution is 5.90. The third-order valence-corrected chi connectivity index (χ3v) is 2.27. The van der Waals surface area contributed by atoms with Gasteiger partial charge in [0.05, 0.1) is 19.0 Å². The lowest BCUT2D eigenvalue weighted by molar-refractivity contribution is -0.116. The number of hydrogen-bond donors (Lipinski definition) is 1. The molecule has 3 nitrogen and oxygen atoms in total. The molecule has 0 radical (unpaired) electrons. The first-order valence-corrected chi connectivity index (χ1v) is 5.11. The van der Waals surface area contributed by atoms with Crippen LogP contribution in [-0.4, -0.2) is 18.0 Å². The van der Waals surface area contributed by atoms with Crippen LogP contribution in [0.15, 0.2) is 42.2 Å². The predicted molar refractivity (Wildman–Crippen MR) is 61.8 cm³/mol. The zero-order chi connectivity index (χ0) is 12.0. The number of allylic oxidation sites excluding steroid dienone is 2. The standard InChI is InChI=1S/C13H16O3/c1-10(16-2)8-12(14)9-13(15)11-6-4-3-5-7-11/h3-8,13,15H,9H2,1-2H3/b10-8+. The van der Waals surface area contributed by atoms with E-state index in [2.05, 4.69) is 0 Å². The Hall–Kier alpha value is -1.61. The summed E-state index contributed by atoms with van der Waals surface area (Å²) in [4.78, 5) is 11.5. The molecular formula is C13H16O3. The van der Waals surface area contributed by atoms with Crippen molar-refractivity contribution in [3.63, 3.8) is 0 Å². The molecule has 0 aliphatic heterocycles. The van der Waals surface area contributed by atoms with Crippen LogP contribution in [0.25, 0.3) is 0 Å². The van der Waals surface area contributed by atoms with Crippen LogP contribution in [0.2, 0.25) is 0 Å². The summed E-state index contributed by atoms with van der Waals surface area (Å²) in [6.45, 7) is 1.70. The van der Waals surface area contributed by atoms with Gasteiger partial charge in [-0.2, -0.15) is 0 Å². The smallest absolute Gasteiger partial charge is 0.161 e. The Bertz CT molecular complexity index is 368. The number of benzene rings is 1. The number of carbonyl (C=O) groups excluding carboxylic acids is 1. The summed E-state index contributed by atoms with van der Waals surface area (Å²) in [6, 6.07) is 9.13. The SMILES string of the molecule is CO/C(C)=C/C(=O)CC(O)c1ccccc1. The molecule has 0 fully saturated rings. The van der Waals surface area contributed by atoms with Crippen LogP contribution in [-0.2, 0) is 9.53 Å². The van der Waals surface area contributed by atoms with Crippen LogP contribution >= 0.6 is 0 Å². The maximum Gasteiger partial charge on any atom is 0.161 e. The molecule has 0 saturated heterocycles. The molecule has 16 heavy (non-hydrogen) atoms. The van der Waals surface area contributed by atoms with Gasteiger partial charge in [0.1, 0.15) is 0 Å². The Labute approximate surface area is 95.4 Å². The second-order valence-corrected chi connectivity index (χ2v) is 3.56. The molecule has 0 amide bonds. The lowest BCUT2D eigenvalue weighted by Crippen LogP contribution is -2.05. The van der Waals surface area contributed by atoms with Crippen LogP contribution in [0, 0.1) is 0 Å². The zero-order valence-electron chi connectivity index (χ0n) is 9.51. The number of hydrogen-bond acceptors (Lipinski definition) is 3. The fourth-order valence-electron chi connectivity index (χ4n) is 1.33. The van der Waals surface area contributed by atoms with Crippen molar-refractivity contribution >= 4 is 5.78 Å². The highest BCUT2D eigenvalue weighted by Gasteiger charge is 2.11. The Morgan fingerprint density at radius 3 is 2.62 bits per heavy atom. The van der Waals surface area contributed by atoms with Gasteiger partial charge in [-0.25, -0.2) is 0 Å². The van der Waals surface area contributed by atoms with E-state index in [1.165, 1.54) is 13.2 Å². The predicted octanol–water partition coefficient (Wildman–Crippen LogP) is 2.23. The number of ketones is 1. The molecule has 86 valence electrons. The molecular weight excluding hydrogens is 204 g/mol. The fraction of sp³-hybridized carbons (Fsp3) is 0.308. The van der Waals surface area contributed by atoms with Crippen molar-refractivity contribution < 1.29 is 14.6 Å². The van der Waals surface area contributed by atoms with E-state index in [9.17, 15) is 9.90 Å². The number of aliphatic hydroxyl groups is 1. The molecule has 1 N–H and O–H groups in total. The molecule has 1 atom stereocenters. The van der Waals surface area contributed by atoms with Crippen LogP contribution in [0.3, 0.4) is 0 Å². The number of carbonyl (C=O) groups is 1. The number of rotatable bonds is 5. The van der Waals surface area contributed by atoms with E-state index < -0.39 is 6.10 Å². The van der Waals surface area contributed by atoms with Crippen molar-refractivity contribution in [1.82, 2.24) is 0 Å². The highest BCUT2D eigenvalue weighted by Crippen LogP contribution is 2.16. The van der Waals surface area contributed by atoms with Crippen molar-refractivity contribution in [2.24, 2.45) is 0 Å². The van der Waals surface area contributed by atoms with Gasteiger partial charge in [-0.1, -0.05) is 30.3 Å². The molecule has 3 heteroatoms. The van der Waals surface area contributed by atoms with Gasteiger partial charge in [0, 0.05) is 12.5 Å². The summed E-state index contributed by atoms with van der Waals surface area (Å²) in [5, 5.41) is 9.79. The molecule has 0 saturated carbocycles. The first-order chi connectivity index (χ1) is 7.63. The number of methoxy groups -OCH3 is 1. The number of ether oxygens (including phenoxy) is 1. The van der Waals surface area contributed by atoms with Crippen molar-refractivity contribution in [2.75, 3.05) is 7.11 Å². The van der Waals surface area contributed by atoms with Crippen LogP contribution in [0.4, 0.5) is 0 Å². The minimum Gasteiger partial charge on any atom is -0.501 e. The van der Waals surface area contributed by atoms with Crippen LogP contribution in [0.1, 0.15) is 25.0 Å². The first-order valence-electron chi connectivity index (χ1n) is 5.11. The van der Waals surface area contributed by atoms with Gasteiger partial charge >= 0.3 is 0 Å². The average molecular weight is 220 g/mol. The first kappa shape index (κ1) is 12.5. The quantitative estimate of drug-likeness (QED) is 0.611. The van der Waals surface area contributed by atoms with Gasteiger partial charge in [-0.15, -0.1) is 0 Å². The molecule has 1 rings (SSSR count). The molecule has 0 heterocycles. The van der Waals surface area contributed by atoms with E-state index >= 15 is 0 Å². The second-order valence-electron chi connectivity index (χ2n) is 3.56. The van der Waals surface area contributed by atoms with Crippen LogP contribution in [0.5, 0.6) is 0 Å². The Morgan fingerprint density at radius 1 is 1.44 bits per heavy atom. The summed E-state index contributed by atoms with van der Waals surface area (Å²) in [6.07, 6.45) is 0.714. The van der Waals surface area contributed by atoms with Gasteiger partial charge < -0.3 is 9.84 Å². The third-order valence-electron chi connectivity index (χ3n) is 2.27. The minimum atomic E-state index is -0.755. The van der Waals surface area contributed by atoms with Crippen LogP contribution < -0.4 is 0 Å². The Balaban J connectivity index is 2.59. The molecule has 0 spiro atoms. The lowest BCUT2D eigenvalue weighted by atomic mass is 10.0.